The smallest absolute Gasteiger partial charge is 0.341 e. The molecule has 0 bridgehead atoms. The second-order valence-corrected chi connectivity index (χ2v) is 9.41. The quantitative estimate of drug-likeness (QED) is 0.0863. The van der Waals surface area contributed by atoms with Crippen LogP contribution >= 0.6 is 23.6 Å². The van der Waals surface area contributed by atoms with Crippen LogP contribution in [0.15, 0.2) is 48.7 Å². The average molecular weight is 567 g/mol. The van der Waals surface area contributed by atoms with Crippen LogP contribution in [0.2, 0.25) is 0 Å². The van der Waals surface area contributed by atoms with Gasteiger partial charge in [0.1, 0.15) is 5.00 Å². The van der Waals surface area contributed by atoms with Gasteiger partial charge >= 0.3 is 5.97 Å². The Balaban J connectivity index is 1.48. The first-order valence-electron chi connectivity index (χ1n) is 11.1. The number of hydrogen-bond acceptors (Lipinski definition) is 5. The molecule has 4 rings (SSSR count). The number of rotatable bonds is 8. The molecule has 0 aliphatic heterocycles. The molecule has 2 heterocycles. The number of anilines is 2. The molecule has 0 radical (unpaired) electrons. The number of benzene rings is 2. The lowest BCUT2D eigenvalue weighted by Gasteiger charge is -2.10. The summed E-state index contributed by atoms with van der Waals surface area (Å²) in [5.74, 6) is -10.6. The van der Waals surface area contributed by atoms with Gasteiger partial charge in [-0.3, -0.25) is 4.68 Å². The minimum Gasteiger partial charge on any atom is -0.462 e. The summed E-state index contributed by atoms with van der Waals surface area (Å²) < 4.78 is 74.4. The van der Waals surface area contributed by atoms with Crippen LogP contribution in [0.5, 0.6) is 0 Å². The molecule has 0 amide bonds. The Morgan fingerprint density at radius 3 is 2.32 bits per heavy atom. The molecule has 0 saturated carbocycles. The first-order valence-corrected chi connectivity index (χ1v) is 12.4. The van der Waals surface area contributed by atoms with Crippen LogP contribution in [-0.4, -0.2) is 27.5 Å². The van der Waals surface area contributed by atoms with Gasteiger partial charge in [-0.05, 0) is 30.8 Å². The molecule has 6 nitrogen and oxygen atoms in total. The number of nitrogens with zero attached hydrogens (tertiary/aromatic N) is 2. The lowest BCUT2D eigenvalue weighted by Crippen LogP contribution is -2.20. The summed E-state index contributed by atoms with van der Waals surface area (Å²) in [6.07, 6.45) is 1.86. The van der Waals surface area contributed by atoms with Crippen LogP contribution in [0, 0.1) is 29.1 Å². The molecule has 0 saturated heterocycles. The van der Waals surface area contributed by atoms with Gasteiger partial charge in [0.2, 0.25) is 5.82 Å². The Kier molecular flexibility index (Phi) is 8.37. The van der Waals surface area contributed by atoms with Gasteiger partial charge in [-0.1, -0.05) is 30.3 Å². The van der Waals surface area contributed by atoms with Crippen molar-refractivity contribution in [3.05, 3.63) is 99.3 Å². The van der Waals surface area contributed by atoms with E-state index in [2.05, 4.69) is 15.7 Å². The first-order chi connectivity index (χ1) is 18.2. The summed E-state index contributed by atoms with van der Waals surface area (Å²) in [6.45, 7) is 1.16. The van der Waals surface area contributed by atoms with Gasteiger partial charge in [0.15, 0.2) is 34.2 Å². The Labute approximate surface area is 223 Å². The molecule has 2 N–H and O–H groups in total. The highest BCUT2D eigenvalue weighted by Gasteiger charge is 2.26. The molecule has 0 unspecified atom stereocenters. The number of esters is 1. The van der Waals surface area contributed by atoms with Crippen molar-refractivity contribution in [1.29, 1.82) is 0 Å². The second kappa shape index (κ2) is 11.7. The SMILES string of the molecule is CCOC(=O)c1cc(Cc2ccccc2)sc1NC(=S)Nc1ccn(Cc2c(F)c(F)c(F)c(F)c2F)n1. The van der Waals surface area contributed by atoms with E-state index in [1.165, 1.54) is 23.6 Å². The van der Waals surface area contributed by atoms with Crippen molar-refractivity contribution in [3.63, 3.8) is 0 Å². The Morgan fingerprint density at radius 2 is 1.66 bits per heavy atom. The monoisotopic (exact) mass is 566 g/mol. The van der Waals surface area contributed by atoms with Crippen LogP contribution in [0.25, 0.3) is 0 Å². The van der Waals surface area contributed by atoms with E-state index in [4.69, 9.17) is 17.0 Å². The highest BCUT2D eigenvalue weighted by atomic mass is 32.1. The standard InChI is InChI=1S/C25H19F5N4O2S2/c1-2-36-24(35)15-11-14(10-13-6-4-3-5-7-13)38-23(15)32-25(37)31-17-8-9-34(33-17)12-16-18(26)20(28)22(30)21(29)19(16)27/h3-9,11H,2,10,12H2,1H3,(H2,31,32,33,37). The maximum atomic E-state index is 14.0. The summed E-state index contributed by atoms with van der Waals surface area (Å²) >= 11 is 6.63. The molecule has 0 aliphatic rings. The van der Waals surface area contributed by atoms with E-state index in [0.717, 1.165) is 15.1 Å². The van der Waals surface area contributed by atoms with E-state index in [-0.39, 0.29) is 17.5 Å². The van der Waals surface area contributed by atoms with E-state index >= 15 is 0 Å². The number of nitrogens with one attached hydrogen (secondary N) is 2. The van der Waals surface area contributed by atoms with Crippen LogP contribution in [0.3, 0.4) is 0 Å². The van der Waals surface area contributed by atoms with Crippen molar-refractivity contribution >= 4 is 45.5 Å². The molecule has 0 atom stereocenters. The maximum absolute atomic E-state index is 14.0. The fraction of sp³-hybridized carbons (Fsp3) is 0.160. The van der Waals surface area contributed by atoms with Gasteiger partial charge in [0.25, 0.3) is 0 Å². The van der Waals surface area contributed by atoms with E-state index in [0.29, 0.717) is 17.0 Å². The molecule has 0 spiro atoms. The lowest BCUT2D eigenvalue weighted by molar-refractivity contribution is 0.0528. The van der Waals surface area contributed by atoms with Crippen molar-refractivity contribution in [2.45, 2.75) is 19.9 Å². The summed E-state index contributed by atoms with van der Waals surface area (Å²) in [5.41, 5.74) is 0.319. The van der Waals surface area contributed by atoms with Crippen molar-refractivity contribution in [2.75, 3.05) is 17.2 Å². The number of thiocarbonyl (C=S) groups is 1. The predicted molar refractivity (Wildman–Crippen MR) is 137 cm³/mol. The molecular weight excluding hydrogens is 547 g/mol. The van der Waals surface area contributed by atoms with E-state index in [1.807, 2.05) is 30.3 Å². The highest BCUT2D eigenvalue weighted by molar-refractivity contribution is 7.80. The fourth-order valence-electron chi connectivity index (χ4n) is 3.50. The number of aromatic nitrogens is 2. The third-order valence-electron chi connectivity index (χ3n) is 5.23. The molecular formula is C25H19F5N4O2S2. The predicted octanol–water partition coefficient (Wildman–Crippen LogP) is 6.26. The highest BCUT2D eigenvalue weighted by Crippen LogP contribution is 2.31. The van der Waals surface area contributed by atoms with Gasteiger partial charge in [-0.25, -0.2) is 26.7 Å². The van der Waals surface area contributed by atoms with Crippen LogP contribution in [0.1, 0.15) is 33.3 Å². The molecule has 0 aliphatic carbocycles. The van der Waals surface area contributed by atoms with Gasteiger partial charge < -0.3 is 15.4 Å². The van der Waals surface area contributed by atoms with Crippen molar-refractivity contribution in [2.24, 2.45) is 0 Å². The third kappa shape index (κ3) is 6.00. The largest absolute Gasteiger partial charge is 0.462 e. The first kappa shape index (κ1) is 27.2. The molecule has 2 aromatic carbocycles. The van der Waals surface area contributed by atoms with Crippen molar-refractivity contribution in [3.8, 4) is 0 Å². The minimum absolute atomic E-state index is 0.0464. The van der Waals surface area contributed by atoms with Gasteiger partial charge in [-0.2, -0.15) is 5.10 Å². The molecule has 38 heavy (non-hydrogen) atoms. The zero-order chi connectivity index (χ0) is 27.4. The number of carbonyl (C=O) groups excluding carboxylic acids is 1. The topological polar surface area (TPSA) is 68.2 Å². The third-order valence-corrected chi connectivity index (χ3v) is 6.48. The van der Waals surface area contributed by atoms with Crippen LogP contribution < -0.4 is 10.6 Å². The Morgan fingerprint density at radius 1 is 1.00 bits per heavy atom. The van der Waals surface area contributed by atoms with E-state index in [1.54, 1.807) is 13.0 Å². The summed E-state index contributed by atoms with van der Waals surface area (Å²) in [4.78, 5) is 13.4. The molecule has 4 aromatic rings. The lowest BCUT2D eigenvalue weighted by atomic mass is 10.1. The van der Waals surface area contributed by atoms with Crippen molar-refractivity contribution in [1.82, 2.24) is 9.78 Å². The Hall–Kier alpha value is -3.84. The average Bonchev–Trinajstić information content (AvgIpc) is 3.51. The van der Waals surface area contributed by atoms with Crippen LogP contribution in [-0.2, 0) is 17.7 Å². The molecule has 0 fully saturated rings. The fourth-order valence-corrected chi connectivity index (χ4v) is 4.85. The zero-order valence-electron chi connectivity index (χ0n) is 19.7. The molecule has 13 heteroatoms. The summed E-state index contributed by atoms with van der Waals surface area (Å²) in [6, 6.07) is 12.8. The van der Waals surface area contributed by atoms with Gasteiger partial charge in [0, 0.05) is 23.6 Å². The number of ether oxygens (including phenoxy) is 1. The van der Waals surface area contributed by atoms with E-state index in [9.17, 15) is 26.7 Å². The number of thiophene rings is 1. The number of hydrogen-bond donors (Lipinski definition) is 2. The zero-order valence-corrected chi connectivity index (χ0v) is 21.3. The molecule has 2 aromatic heterocycles. The second-order valence-electron chi connectivity index (χ2n) is 7.86. The summed E-state index contributed by atoms with van der Waals surface area (Å²) in [5, 5.41) is 10.2. The molecule has 198 valence electrons. The minimum atomic E-state index is -2.23. The number of carbonyl (C=O) groups is 1. The van der Waals surface area contributed by atoms with Crippen LogP contribution in [0.4, 0.5) is 32.8 Å². The van der Waals surface area contributed by atoms with Gasteiger partial charge in [-0.15, -0.1) is 11.3 Å². The number of halogens is 5. The normalized spacial score (nSPS) is 10.9. The van der Waals surface area contributed by atoms with E-state index < -0.39 is 47.2 Å². The Bertz CT molecular complexity index is 1460. The summed E-state index contributed by atoms with van der Waals surface area (Å²) in [7, 11) is 0. The maximum Gasteiger partial charge on any atom is 0.341 e. The van der Waals surface area contributed by atoms with Crippen molar-refractivity contribution < 1.29 is 31.5 Å². The van der Waals surface area contributed by atoms with Gasteiger partial charge in [0.05, 0.1) is 24.3 Å².